The van der Waals surface area contributed by atoms with Gasteiger partial charge in [-0.05, 0) is 30.1 Å². The summed E-state index contributed by atoms with van der Waals surface area (Å²) in [4.78, 5) is 0. The molecule has 1 N–H and O–H groups in total. The fourth-order valence-corrected chi connectivity index (χ4v) is 3.29. The lowest BCUT2D eigenvalue weighted by atomic mass is 10.0. The van der Waals surface area contributed by atoms with Crippen molar-refractivity contribution in [2.45, 2.75) is 64.0 Å². The van der Waals surface area contributed by atoms with Gasteiger partial charge in [-0.25, -0.2) is 0 Å². The Morgan fingerprint density at radius 3 is 2.29 bits per heavy atom. The topological polar surface area (TPSA) is 29.5 Å². The molecule has 0 radical (unpaired) electrons. The van der Waals surface area contributed by atoms with Crippen LogP contribution in [0.4, 0.5) is 0 Å². The largest absolute Gasteiger partial charge is 0.410 e. The van der Waals surface area contributed by atoms with Gasteiger partial charge < -0.3 is 9.53 Å². The van der Waals surface area contributed by atoms with E-state index in [1.807, 2.05) is 18.2 Å². The van der Waals surface area contributed by atoms with Crippen LogP contribution in [0.1, 0.15) is 45.3 Å². The van der Waals surface area contributed by atoms with Crippen molar-refractivity contribution in [2.24, 2.45) is 0 Å². The number of hydrogen-bond donors (Lipinski definition) is 1. The van der Waals surface area contributed by atoms with E-state index in [0.29, 0.717) is 12.8 Å². The summed E-state index contributed by atoms with van der Waals surface area (Å²) in [7, 11) is -1.88. The van der Waals surface area contributed by atoms with E-state index >= 15 is 0 Å². The predicted octanol–water partition coefficient (Wildman–Crippen LogP) is 5.08. The Hall–Kier alpha value is -0.903. The molecule has 0 aromatic heterocycles. The van der Waals surface area contributed by atoms with Gasteiger partial charge in [0.1, 0.15) is 0 Å². The molecule has 0 saturated carbocycles. The SMILES string of the molecule is C=CC[C@@H](O)C[C@@H](O[Si](C)(C)C(C)(C)C)c1ccccc1. The van der Waals surface area contributed by atoms with E-state index in [4.69, 9.17) is 4.43 Å². The summed E-state index contributed by atoms with van der Waals surface area (Å²) in [5.41, 5.74) is 1.14. The van der Waals surface area contributed by atoms with E-state index in [0.717, 1.165) is 5.56 Å². The Morgan fingerprint density at radius 2 is 1.81 bits per heavy atom. The number of aliphatic hydroxyl groups excluding tert-OH is 1. The van der Waals surface area contributed by atoms with Crippen LogP contribution < -0.4 is 0 Å². The van der Waals surface area contributed by atoms with Crippen LogP contribution in [0, 0.1) is 0 Å². The van der Waals surface area contributed by atoms with Crippen LogP contribution in [0.25, 0.3) is 0 Å². The van der Waals surface area contributed by atoms with Gasteiger partial charge in [-0.2, -0.15) is 0 Å². The molecule has 0 heterocycles. The maximum absolute atomic E-state index is 10.1. The molecule has 1 rings (SSSR count). The molecule has 2 atom stereocenters. The fraction of sp³-hybridized carbons (Fsp3) is 0.556. The Labute approximate surface area is 131 Å². The zero-order valence-electron chi connectivity index (χ0n) is 14.1. The van der Waals surface area contributed by atoms with E-state index in [2.05, 4.69) is 52.6 Å². The second kappa shape index (κ2) is 7.39. The van der Waals surface area contributed by atoms with Crippen LogP contribution in [-0.4, -0.2) is 19.5 Å². The minimum Gasteiger partial charge on any atom is -0.410 e. The summed E-state index contributed by atoms with van der Waals surface area (Å²) in [6, 6.07) is 10.2. The lowest BCUT2D eigenvalue weighted by molar-refractivity contribution is 0.0879. The number of rotatable bonds is 7. The molecule has 0 aliphatic heterocycles. The van der Waals surface area contributed by atoms with E-state index in [1.54, 1.807) is 6.08 Å². The zero-order chi connectivity index (χ0) is 16.1. The molecule has 1 aromatic carbocycles. The van der Waals surface area contributed by atoms with Crippen LogP contribution in [-0.2, 0) is 4.43 Å². The second-order valence-corrected chi connectivity index (χ2v) is 11.9. The first kappa shape index (κ1) is 18.1. The highest BCUT2D eigenvalue weighted by Gasteiger charge is 2.39. The molecular formula is C18H30O2Si. The highest BCUT2D eigenvalue weighted by atomic mass is 28.4. The standard InChI is InChI=1S/C18H30O2Si/c1-7-11-16(19)14-17(15-12-9-8-10-13-15)20-21(5,6)18(2,3)4/h7-10,12-13,16-17,19H,1,11,14H2,2-6H3/t16-,17-/m1/s1. The monoisotopic (exact) mass is 306 g/mol. The summed E-state index contributed by atoms with van der Waals surface area (Å²) in [5, 5.41) is 10.3. The first-order valence-corrected chi connectivity index (χ1v) is 10.6. The highest BCUT2D eigenvalue weighted by molar-refractivity contribution is 6.74. The van der Waals surface area contributed by atoms with Crippen molar-refractivity contribution in [3.05, 3.63) is 48.6 Å². The van der Waals surface area contributed by atoms with Crippen molar-refractivity contribution in [3.63, 3.8) is 0 Å². The highest BCUT2D eigenvalue weighted by Crippen LogP contribution is 2.40. The Morgan fingerprint density at radius 1 is 1.24 bits per heavy atom. The first-order valence-electron chi connectivity index (χ1n) is 7.69. The van der Waals surface area contributed by atoms with E-state index in [1.165, 1.54) is 0 Å². The first-order chi connectivity index (χ1) is 9.67. The van der Waals surface area contributed by atoms with Gasteiger partial charge in [0.15, 0.2) is 8.32 Å². The van der Waals surface area contributed by atoms with Gasteiger partial charge in [-0.15, -0.1) is 6.58 Å². The maximum atomic E-state index is 10.1. The number of aliphatic hydroxyl groups is 1. The summed E-state index contributed by atoms with van der Waals surface area (Å²) >= 11 is 0. The Bertz CT molecular complexity index is 434. The van der Waals surface area contributed by atoms with Crippen LogP contribution in [0.5, 0.6) is 0 Å². The molecular weight excluding hydrogens is 276 g/mol. The summed E-state index contributed by atoms with van der Waals surface area (Å²) < 4.78 is 6.55. The van der Waals surface area contributed by atoms with E-state index in [-0.39, 0.29) is 11.1 Å². The molecule has 118 valence electrons. The third-order valence-electron chi connectivity index (χ3n) is 4.34. The van der Waals surface area contributed by atoms with Gasteiger partial charge in [-0.3, -0.25) is 0 Å². The summed E-state index contributed by atoms with van der Waals surface area (Å²) in [5.74, 6) is 0. The molecule has 0 amide bonds. The minimum absolute atomic E-state index is 0.0537. The van der Waals surface area contributed by atoms with Crippen LogP contribution in [0.15, 0.2) is 43.0 Å². The lowest BCUT2D eigenvalue weighted by Crippen LogP contribution is -2.42. The molecule has 0 unspecified atom stereocenters. The number of hydrogen-bond acceptors (Lipinski definition) is 2. The maximum Gasteiger partial charge on any atom is 0.192 e. The van der Waals surface area contributed by atoms with Gasteiger partial charge in [-0.1, -0.05) is 57.2 Å². The average Bonchev–Trinajstić information content (AvgIpc) is 2.37. The minimum atomic E-state index is -1.88. The Kier molecular flexibility index (Phi) is 6.38. The zero-order valence-corrected chi connectivity index (χ0v) is 15.1. The third kappa shape index (κ3) is 5.42. The molecule has 1 aromatic rings. The van der Waals surface area contributed by atoms with Crippen LogP contribution >= 0.6 is 0 Å². The molecule has 2 nitrogen and oxygen atoms in total. The van der Waals surface area contributed by atoms with Crippen molar-refractivity contribution < 1.29 is 9.53 Å². The average molecular weight is 307 g/mol. The van der Waals surface area contributed by atoms with Crippen molar-refractivity contribution in [3.8, 4) is 0 Å². The van der Waals surface area contributed by atoms with Crippen molar-refractivity contribution >= 4 is 8.32 Å². The van der Waals surface area contributed by atoms with Gasteiger partial charge in [0.2, 0.25) is 0 Å². The van der Waals surface area contributed by atoms with E-state index in [9.17, 15) is 5.11 Å². The second-order valence-electron chi connectivity index (χ2n) is 7.19. The van der Waals surface area contributed by atoms with Crippen molar-refractivity contribution in [1.82, 2.24) is 0 Å². The van der Waals surface area contributed by atoms with Gasteiger partial charge in [0.25, 0.3) is 0 Å². The van der Waals surface area contributed by atoms with Gasteiger partial charge in [0.05, 0.1) is 12.2 Å². The fourth-order valence-electron chi connectivity index (χ4n) is 1.99. The molecule has 0 aliphatic rings. The third-order valence-corrected chi connectivity index (χ3v) is 8.83. The van der Waals surface area contributed by atoms with Gasteiger partial charge in [0, 0.05) is 6.42 Å². The Balaban J connectivity index is 2.95. The van der Waals surface area contributed by atoms with E-state index < -0.39 is 14.4 Å². The smallest absolute Gasteiger partial charge is 0.192 e. The molecule has 0 saturated heterocycles. The molecule has 0 aliphatic carbocycles. The molecule has 0 spiro atoms. The summed E-state index contributed by atoms with van der Waals surface area (Å²) in [6.07, 6.45) is 2.52. The summed E-state index contributed by atoms with van der Waals surface area (Å²) in [6.45, 7) is 14.9. The van der Waals surface area contributed by atoms with Crippen molar-refractivity contribution in [1.29, 1.82) is 0 Å². The van der Waals surface area contributed by atoms with Crippen LogP contribution in [0.2, 0.25) is 18.1 Å². The van der Waals surface area contributed by atoms with Gasteiger partial charge >= 0.3 is 0 Å². The predicted molar refractivity (Wildman–Crippen MR) is 92.9 cm³/mol. The lowest BCUT2D eigenvalue weighted by Gasteiger charge is -2.40. The number of benzene rings is 1. The van der Waals surface area contributed by atoms with Crippen molar-refractivity contribution in [2.75, 3.05) is 0 Å². The molecule has 3 heteroatoms. The quantitative estimate of drug-likeness (QED) is 0.562. The molecule has 21 heavy (non-hydrogen) atoms. The molecule has 0 bridgehead atoms. The molecule has 0 fully saturated rings. The normalized spacial score (nSPS) is 15.5. The van der Waals surface area contributed by atoms with Crippen LogP contribution in [0.3, 0.4) is 0 Å².